The minimum absolute atomic E-state index is 0.0453. The molecule has 1 saturated heterocycles. The van der Waals surface area contributed by atoms with Gasteiger partial charge in [0.15, 0.2) is 0 Å². The van der Waals surface area contributed by atoms with Gasteiger partial charge in [0.1, 0.15) is 23.3 Å². The molecule has 1 amide bonds. The molecule has 0 saturated carbocycles. The summed E-state index contributed by atoms with van der Waals surface area (Å²) in [5, 5.41) is 11.1. The predicted molar refractivity (Wildman–Crippen MR) is 163 cm³/mol. The molecule has 9 nitrogen and oxygen atoms in total. The number of hydrogen-bond donors (Lipinski definition) is 1. The van der Waals surface area contributed by atoms with Crippen molar-refractivity contribution < 1.29 is 29.0 Å². The monoisotopic (exact) mass is 583 g/mol. The Kier molecular flexibility index (Phi) is 10.6. The zero-order valence-corrected chi connectivity index (χ0v) is 26.6. The van der Waals surface area contributed by atoms with E-state index >= 15 is 0 Å². The summed E-state index contributed by atoms with van der Waals surface area (Å²) in [7, 11) is 1.95. The van der Waals surface area contributed by atoms with E-state index in [0.29, 0.717) is 32.4 Å². The topological polar surface area (TPSA) is 111 Å². The molecule has 0 unspecified atom stereocenters. The van der Waals surface area contributed by atoms with Crippen molar-refractivity contribution in [2.75, 3.05) is 13.1 Å². The lowest BCUT2D eigenvalue weighted by Crippen LogP contribution is -2.40. The molecule has 0 bridgehead atoms. The van der Waals surface area contributed by atoms with Gasteiger partial charge >= 0.3 is 12.1 Å². The van der Waals surface area contributed by atoms with E-state index in [1.54, 1.807) is 17.9 Å². The second-order valence-electron chi connectivity index (χ2n) is 13.3. The molecule has 1 aromatic heterocycles. The average molecular weight is 584 g/mol. The molecule has 1 fully saturated rings. The Hall–Kier alpha value is -3.20. The highest BCUT2D eigenvalue weighted by Gasteiger charge is 2.37. The third-order valence-electron chi connectivity index (χ3n) is 8.34. The predicted octanol–water partition coefficient (Wildman–Crippen LogP) is 6.06. The molecule has 0 radical (unpaired) electrons. The quantitative estimate of drug-likeness (QED) is 0.338. The highest BCUT2D eigenvalue weighted by Crippen LogP contribution is 2.33. The van der Waals surface area contributed by atoms with Crippen LogP contribution in [0.25, 0.3) is 11.0 Å². The van der Waals surface area contributed by atoms with Gasteiger partial charge in [-0.25, -0.2) is 9.78 Å². The number of aliphatic hydroxyl groups excluding tert-OH is 1. The van der Waals surface area contributed by atoms with Gasteiger partial charge in [0, 0.05) is 50.2 Å². The number of ether oxygens (including phenoxy) is 2. The molecule has 0 aliphatic carbocycles. The number of aromatic nitrogens is 2. The lowest BCUT2D eigenvalue weighted by atomic mass is 9.74. The first kappa shape index (κ1) is 33.3. The number of carbonyl (C=O) groups excluding carboxylic acids is 3. The van der Waals surface area contributed by atoms with Gasteiger partial charge in [0.05, 0.1) is 17.1 Å². The number of carbonyl (C=O) groups is 3. The zero-order valence-electron chi connectivity index (χ0n) is 26.6. The maximum atomic E-state index is 13.4. The third kappa shape index (κ3) is 8.21. The second-order valence-corrected chi connectivity index (χ2v) is 13.3. The molecular weight excluding hydrogens is 534 g/mol. The molecule has 1 aliphatic heterocycles. The molecule has 9 heteroatoms. The van der Waals surface area contributed by atoms with E-state index in [-0.39, 0.29) is 24.5 Å². The lowest BCUT2D eigenvalue weighted by molar-refractivity contribution is -0.151. The number of amides is 1. The van der Waals surface area contributed by atoms with Gasteiger partial charge in [0.25, 0.3) is 0 Å². The number of aryl methyl sites for hydroxylation is 2. The van der Waals surface area contributed by atoms with Crippen LogP contribution in [0.2, 0.25) is 0 Å². The molecule has 4 atom stereocenters. The van der Waals surface area contributed by atoms with Crippen LogP contribution in [-0.4, -0.2) is 62.2 Å². The van der Waals surface area contributed by atoms with Gasteiger partial charge in [-0.05, 0) is 64.7 Å². The Bertz CT molecular complexity index is 1290. The summed E-state index contributed by atoms with van der Waals surface area (Å²) in [5.41, 5.74) is 1.06. The molecule has 3 rings (SSSR count). The molecule has 1 N–H and O–H groups in total. The van der Waals surface area contributed by atoms with Crippen molar-refractivity contribution in [2.24, 2.45) is 24.3 Å². The Labute approximate surface area is 250 Å². The fourth-order valence-corrected chi connectivity index (χ4v) is 5.57. The van der Waals surface area contributed by atoms with Gasteiger partial charge in [0.2, 0.25) is 0 Å². The van der Waals surface area contributed by atoms with Crippen LogP contribution >= 0.6 is 0 Å². The normalized spacial score (nSPS) is 25.2. The lowest BCUT2D eigenvalue weighted by Gasteiger charge is -2.33. The van der Waals surface area contributed by atoms with Gasteiger partial charge in [-0.3, -0.25) is 9.59 Å². The minimum atomic E-state index is -0.918. The average Bonchev–Trinajstić information content (AvgIpc) is 3.20. The number of rotatable bonds is 2. The summed E-state index contributed by atoms with van der Waals surface area (Å²) >= 11 is 0. The fourth-order valence-electron chi connectivity index (χ4n) is 5.57. The molecule has 0 spiro atoms. The van der Waals surface area contributed by atoms with Crippen molar-refractivity contribution in [2.45, 2.75) is 98.4 Å². The fraction of sp³-hybridized carbons (Fsp3) is 0.636. The summed E-state index contributed by atoms with van der Waals surface area (Å²) in [6.45, 7) is 17.3. The number of cyclic esters (lactones) is 1. The van der Waals surface area contributed by atoms with E-state index in [9.17, 15) is 19.5 Å². The number of ketones is 1. The standard InChI is InChI=1S/C33H49N3O6/c1-10-23-12-11-18-36(31(40)42-32(4,5)6)19-16-27(24-13-14-26-25(20-24)34-22(3)35(26)9)41-28(37)15-17-33(7,8)30(39)21(2)29(23)38/h10,13-14,20-21,23,27,29,38H,1,11-12,15-19H2,2-9H3/t21-,23+,27+,29-/m1/s1. The van der Waals surface area contributed by atoms with Crippen molar-refractivity contribution in [3.05, 3.63) is 42.2 Å². The second kappa shape index (κ2) is 13.4. The van der Waals surface area contributed by atoms with Crippen molar-refractivity contribution in [3.8, 4) is 0 Å². The van der Waals surface area contributed by atoms with Crippen LogP contribution in [0.5, 0.6) is 0 Å². The van der Waals surface area contributed by atoms with Crippen LogP contribution < -0.4 is 0 Å². The van der Waals surface area contributed by atoms with Crippen LogP contribution in [0.15, 0.2) is 30.9 Å². The Morgan fingerprint density at radius 3 is 2.55 bits per heavy atom. The first-order chi connectivity index (χ1) is 19.5. The molecule has 1 aromatic carbocycles. The van der Waals surface area contributed by atoms with E-state index in [2.05, 4.69) is 11.6 Å². The maximum absolute atomic E-state index is 13.4. The van der Waals surface area contributed by atoms with Crippen molar-refractivity contribution in [1.29, 1.82) is 0 Å². The highest BCUT2D eigenvalue weighted by molar-refractivity contribution is 5.87. The van der Waals surface area contributed by atoms with Gasteiger partial charge < -0.3 is 24.0 Å². The molecular formula is C33H49N3O6. The van der Waals surface area contributed by atoms with Crippen LogP contribution in [0.4, 0.5) is 4.79 Å². The van der Waals surface area contributed by atoms with E-state index in [0.717, 1.165) is 22.4 Å². The number of aliphatic hydroxyl groups is 1. The zero-order chi connectivity index (χ0) is 31.4. The first-order valence-electron chi connectivity index (χ1n) is 15.0. The maximum Gasteiger partial charge on any atom is 0.410 e. The molecule has 232 valence electrons. The molecule has 42 heavy (non-hydrogen) atoms. The Morgan fingerprint density at radius 2 is 1.90 bits per heavy atom. The Balaban J connectivity index is 1.96. The van der Waals surface area contributed by atoms with E-state index in [1.165, 1.54) is 0 Å². The van der Waals surface area contributed by atoms with Crippen LogP contribution in [0.3, 0.4) is 0 Å². The number of esters is 1. The number of imidazole rings is 1. The number of hydrogen-bond acceptors (Lipinski definition) is 7. The SMILES string of the molecule is C=C[C@H]1CCCN(C(=O)OC(C)(C)C)CC[C@@H](c2ccc3c(c2)nc(C)n3C)OC(=O)CCC(C)(C)C(=O)[C@H](C)[C@H]1O. The molecule has 2 aromatic rings. The Morgan fingerprint density at radius 1 is 1.21 bits per heavy atom. The summed E-state index contributed by atoms with van der Waals surface area (Å²) in [4.78, 5) is 46.1. The van der Waals surface area contributed by atoms with Crippen molar-refractivity contribution in [1.82, 2.24) is 14.5 Å². The van der Waals surface area contributed by atoms with E-state index in [4.69, 9.17) is 9.47 Å². The van der Waals surface area contributed by atoms with Gasteiger partial charge in [-0.2, -0.15) is 0 Å². The van der Waals surface area contributed by atoms with E-state index in [1.807, 2.05) is 71.4 Å². The molecule has 2 heterocycles. The number of Topliss-reactive ketones (excluding diaryl/α,β-unsaturated/α-hetero) is 1. The van der Waals surface area contributed by atoms with Gasteiger partial charge in [-0.1, -0.05) is 32.9 Å². The van der Waals surface area contributed by atoms with E-state index < -0.39 is 41.2 Å². The highest BCUT2D eigenvalue weighted by atomic mass is 16.6. The molecule has 1 aliphatic rings. The van der Waals surface area contributed by atoms with Crippen LogP contribution in [0.1, 0.15) is 91.1 Å². The van der Waals surface area contributed by atoms with Crippen LogP contribution in [0, 0.1) is 24.2 Å². The third-order valence-corrected chi connectivity index (χ3v) is 8.34. The largest absolute Gasteiger partial charge is 0.457 e. The van der Waals surface area contributed by atoms with Gasteiger partial charge in [-0.15, -0.1) is 6.58 Å². The first-order valence-corrected chi connectivity index (χ1v) is 15.0. The van der Waals surface area contributed by atoms with Crippen molar-refractivity contribution >= 4 is 28.9 Å². The number of benzene rings is 1. The van der Waals surface area contributed by atoms with Crippen LogP contribution in [-0.2, 0) is 26.1 Å². The summed E-state index contributed by atoms with van der Waals surface area (Å²) < 4.78 is 13.7. The summed E-state index contributed by atoms with van der Waals surface area (Å²) in [6.07, 6.45) is 1.50. The van der Waals surface area contributed by atoms with Crippen molar-refractivity contribution in [3.63, 3.8) is 0 Å². The summed E-state index contributed by atoms with van der Waals surface area (Å²) in [5.74, 6) is -0.622. The number of nitrogens with zero attached hydrogens (tertiary/aromatic N) is 3. The number of fused-ring (bicyclic) bond motifs is 1. The minimum Gasteiger partial charge on any atom is -0.457 e. The summed E-state index contributed by atoms with van der Waals surface area (Å²) in [6, 6.07) is 5.83. The smallest absolute Gasteiger partial charge is 0.410 e.